The zero-order valence-corrected chi connectivity index (χ0v) is 24.5. The number of amides is 2. The van der Waals surface area contributed by atoms with Crippen LogP contribution in [-0.2, 0) is 27.2 Å². The molecule has 1 aliphatic heterocycles. The van der Waals surface area contributed by atoms with Gasteiger partial charge in [-0.25, -0.2) is 14.7 Å². The van der Waals surface area contributed by atoms with Gasteiger partial charge in [0.1, 0.15) is 11.1 Å². The van der Waals surface area contributed by atoms with Crippen LogP contribution in [-0.4, -0.2) is 40.4 Å². The number of ketones is 1. The van der Waals surface area contributed by atoms with Crippen molar-refractivity contribution in [3.8, 4) is 17.2 Å². The van der Waals surface area contributed by atoms with E-state index >= 15 is 0 Å². The van der Waals surface area contributed by atoms with Crippen LogP contribution in [0.4, 0.5) is 5.69 Å². The van der Waals surface area contributed by atoms with E-state index in [0.29, 0.717) is 21.8 Å². The molecule has 0 N–H and O–H groups in total. The van der Waals surface area contributed by atoms with Gasteiger partial charge in [0.25, 0.3) is 0 Å². The van der Waals surface area contributed by atoms with E-state index in [4.69, 9.17) is 4.74 Å². The third-order valence-corrected chi connectivity index (χ3v) is 8.94. The third kappa shape index (κ3) is 6.03. The minimum Gasteiger partial charge on any atom is -0.454 e. The van der Waals surface area contributed by atoms with E-state index in [2.05, 4.69) is 11.1 Å². The Morgan fingerprint density at radius 2 is 1.59 bits per heavy atom. The number of benzene rings is 3. The number of ether oxygens (including phenoxy) is 1. The topological polar surface area (TPSA) is 117 Å². The number of pyridine rings is 1. The number of rotatable bonds is 8. The molecule has 1 saturated heterocycles. The molecule has 44 heavy (non-hydrogen) atoms. The van der Waals surface area contributed by atoms with Crippen molar-refractivity contribution in [3.63, 3.8) is 0 Å². The number of carbonyl (C=O) groups excluding carboxylic acids is 4. The van der Waals surface area contributed by atoms with Crippen molar-refractivity contribution in [2.24, 2.45) is 0 Å². The lowest BCUT2D eigenvalue weighted by Crippen LogP contribution is -2.31. The van der Waals surface area contributed by atoms with Gasteiger partial charge in [-0.05, 0) is 72.7 Å². The van der Waals surface area contributed by atoms with E-state index in [1.165, 1.54) is 24.3 Å². The van der Waals surface area contributed by atoms with Crippen molar-refractivity contribution in [2.75, 3.05) is 11.5 Å². The molecule has 1 aromatic heterocycles. The fraction of sp³-hybridized carbons (Fsp3) is 0.200. The maximum Gasteiger partial charge on any atom is 0.338 e. The first-order valence-corrected chi connectivity index (χ1v) is 15.2. The molecule has 2 heterocycles. The third-order valence-electron chi connectivity index (χ3n) is 7.75. The number of carbonyl (C=O) groups is 4. The standard InChI is InChI=1S/C35H27N3O5S/c36-20-27-18-26-8-4-5-9-29(26)37-33(27)44-31-19-32(40)38(34(31)41)28-16-14-25(15-17-28)35(42)43-21-30(39)24-12-10-23(11-13-24)22-6-2-1-3-7-22/h1-3,6-7,10-18,31H,4-5,8-9,19,21H2. The van der Waals surface area contributed by atoms with Gasteiger partial charge in [0, 0.05) is 17.7 Å². The summed E-state index contributed by atoms with van der Waals surface area (Å²) in [7, 11) is 0. The molecule has 0 saturated carbocycles. The molecule has 0 radical (unpaired) electrons. The van der Waals surface area contributed by atoms with Crippen molar-refractivity contribution in [1.82, 2.24) is 4.98 Å². The molecule has 0 spiro atoms. The number of hydrogen-bond donors (Lipinski definition) is 0. The van der Waals surface area contributed by atoms with Gasteiger partial charge in [-0.3, -0.25) is 14.4 Å². The number of Topliss-reactive ketones (excluding diaryl/α,β-unsaturated/α-hetero) is 1. The normalized spacial score (nSPS) is 15.9. The SMILES string of the molecule is N#Cc1cc2c(nc1SC1CC(=O)N(c3ccc(C(=O)OCC(=O)c4ccc(-c5ccccc5)cc4)cc3)C1=O)CCCC2. The van der Waals surface area contributed by atoms with Gasteiger partial charge in [-0.2, -0.15) is 5.26 Å². The lowest BCUT2D eigenvalue weighted by atomic mass is 9.95. The summed E-state index contributed by atoms with van der Waals surface area (Å²) >= 11 is 1.15. The van der Waals surface area contributed by atoms with Crippen LogP contribution in [0.3, 0.4) is 0 Å². The van der Waals surface area contributed by atoms with E-state index < -0.39 is 23.7 Å². The Labute approximate surface area is 258 Å². The lowest BCUT2D eigenvalue weighted by molar-refractivity contribution is -0.121. The van der Waals surface area contributed by atoms with Gasteiger partial charge in [0.15, 0.2) is 12.4 Å². The molecule has 1 aliphatic carbocycles. The average molecular weight is 602 g/mol. The van der Waals surface area contributed by atoms with E-state index in [9.17, 15) is 24.4 Å². The molecule has 1 fully saturated rings. The van der Waals surface area contributed by atoms with Crippen molar-refractivity contribution in [2.45, 2.75) is 42.4 Å². The highest BCUT2D eigenvalue weighted by Crippen LogP contribution is 2.36. The van der Waals surface area contributed by atoms with Crippen molar-refractivity contribution in [3.05, 3.63) is 113 Å². The molecule has 2 aliphatic rings. The highest BCUT2D eigenvalue weighted by molar-refractivity contribution is 8.00. The van der Waals surface area contributed by atoms with Crippen LogP contribution in [0.2, 0.25) is 0 Å². The maximum absolute atomic E-state index is 13.3. The highest BCUT2D eigenvalue weighted by Gasteiger charge is 2.41. The Bertz CT molecular complexity index is 1800. The van der Waals surface area contributed by atoms with E-state index in [0.717, 1.165) is 64.7 Å². The second-order valence-electron chi connectivity index (χ2n) is 10.6. The van der Waals surface area contributed by atoms with Crippen molar-refractivity contribution in [1.29, 1.82) is 5.26 Å². The number of thioether (sulfide) groups is 1. The fourth-order valence-electron chi connectivity index (χ4n) is 5.41. The number of anilines is 1. The molecule has 0 bridgehead atoms. The average Bonchev–Trinajstić information content (AvgIpc) is 3.35. The van der Waals surface area contributed by atoms with E-state index in [1.807, 2.05) is 48.5 Å². The van der Waals surface area contributed by atoms with Crippen LogP contribution in [0.25, 0.3) is 11.1 Å². The summed E-state index contributed by atoms with van der Waals surface area (Å²) < 4.78 is 5.24. The minimum atomic E-state index is -0.707. The summed E-state index contributed by atoms with van der Waals surface area (Å²) in [4.78, 5) is 57.2. The van der Waals surface area contributed by atoms with Gasteiger partial charge in [-0.1, -0.05) is 66.4 Å². The van der Waals surface area contributed by atoms with Gasteiger partial charge in [0.2, 0.25) is 11.8 Å². The molecule has 1 atom stereocenters. The monoisotopic (exact) mass is 601 g/mol. The number of aromatic nitrogens is 1. The number of esters is 1. The first-order valence-electron chi connectivity index (χ1n) is 14.3. The lowest BCUT2D eigenvalue weighted by Gasteiger charge is -2.18. The van der Waals surface area contributed by atoms with Crippen LogP contribution in [0.5, 0.6) is 0 Å². The van der Waals surface area contributed by atoms with Crippen LogP contribution >= 0.6 is 11.8 Å². The number of imide groups is 1. The molecular formula is C35H27N3O5S. The van der Waals surface area contributed by atoms with E-state index in [-0.39, 0.29) is 23.7 Å². The molecule has 9 heteroatoms. The Kier molecular flexibility index (Phi) is 8.35. The Hall–Kier alpha value is -5.07. The summed E-state index contributed by atoms with van der Waals surface area (Å²) in [6.07, 6.45) is 3.80. The van der Waals surface area contributed by atoms with Crippen molar-refractivity contribution >= 4 is 41.0 Å². The van der Waals surface area contributed by atoms with E-state index in [1.54, 1.807) is 12.1 Å². The smallest absolute Gasteiger partial charge is 0.338 e. The molecular weight excluding hydrogens is 574 g/mol. The van der Waals surface area contributed by atoms with Gasteiger partial charge < -0.3 is 4.74 Å². The molecule has 8 nitrogen and oxygen atoms in total. The molecule has 2 amide bonds. The molecule has 218 valence electrons. The Morgan fingerprint density at radius 3 is 2.32 bits per heavy atom. The predicted molar refractivity (Wildman–Crippen MR) is 165 cm³/mol. The zero-order valence-electron chi connectivity index (χ0n) is 23.7. The highest BCUT2D eigenvalue weighted by atomic mass is 32.2. The van der Waals surface area contributed by atoms with Gasteiger partial charge in [-0.15, -0.1) is 0 Å². The molecule has 3 aromatic carbocycles. The predicted octanol–water partition coefficient (Wildman–Crippen LogP) is 5.96. The number of fused-ring (bicyclic) bond motifs is 1. The molecule has 6 rings (SSSR count). The summed E-state index contributed by atoms with van der Waals surface area (Å²) in [6, 6.07) is 26.8. The first-order chi connectivity index (χ1) is 21.4. The number of nitriles is 1. The summed E-state index contributed by atoms with van der Waals surface area (Å²) in [5.41, 5.74) is 5.40. The summed E-state index contributed by atoms with van der Waals surface area (Å²) in [5, 5.41) is 9.43. The van der Waals surface area contributed by atoms with Crippen LogP contribution < -0.4 is 4.90 Å². The van der Waals surface area contributed by atoms with Crippen molar-refractivity contribution < 1.29 is 23.9 Å². The summed E-state index contributed by atoms with van der Waals surface area (Å²) in [5.74, 6) is -1.80. The van der Waals surface area contributed by atoms with Gasteiger partial charge in [0.05, 0.1) is 22.1 Å². The molecule has 4 aromatic rings. The van der Waals surface area contributed by atoms with Crippen LogP contribution in [0.15, 0.2) is 90.0 Å². The Morgan fingerprint density at radius 1 is 0.909 bits per heavy atom. The largest absolute Gasteiger partial charge is 0.454 e. The quantitative estimate of drug-likeness (QED) is 0.138. The molecule has 1 unspecified atom stereocenters. The first kappa shape index (κ1) is 29.0. The van der Waals surface area contributed by atoms with Gasteiger partial charge >= 0.3 is 5.97 Å². The number of aryl methyl sites for hydroxylation is 2. The fourth-order valence-corrected chi connectivity index (χ4v) is 6.51. The van der Waals surface area contributed by atoms with Crippen LogP contribution in [0, 0.1) is 11.3 Å². The second kappa shape index (κ2) is 12.7. The number of hydrogen-bond acceptors (Lipinski definition) is 8. The minimum absolute atomic E-state index is 0.0225. The zero-order chi connectivity index (χ0) is 30.6. The van der Waals surface area contributed by atoms with Crippen LogP contribution in [0.1, 0.15) is 56.8 Å². The maximum atomic E-state index is 13.3. The second-order valence-corrected chi connectivity index (χ2v) is 11.8. The summed E-state index contributed by atoms with van der Waals surface area (Å²) in [6.45, 7) is -0.422. The Balaban J connectivity index is 1.07. The number of nitrogens with zero attached hydrogens (tertiary/aromatic N) is 3.